The average Bonchev–Trinajstić information content (AvgIpc) is 2.85. The largest absolute Gasteiger partial charge is 0.389 e. The zero-order valence-electron chi connectivity index (χ0n) is 15.4. The summed E-state index contributed by atoms with van der Waals surface area (Å²) in [6.45, 7) is 4.28. The van der Waals surface area contributed by atoms with Gasteiger partial charge in [0.15, 0.2) is 5.78 Å². The monoisotopic (exact) mass is 334 g/mol. The fourth-order valence-corrected chi connectivity index (χ4v) is 7.89. The van der Waals surface area contributed by atoms with Gasteiger partial charge < -0.3 is 10.2 Å². The van der Waals surface area contributed by atoms with Gasteiger partial charge in [-0.2, -0.15) is 0 Å². The first-order valence-electron chi connectivity index (χ1n) is 10.2. The molecule has 3 nitrogen and oxygen atoms in total. The van der Waals surface area contributed by atoms with Gasteiger partial charge in [0.1, 0.15) is 6.61 Å². The Morgan fingerprint density at radius 1 is 0.958 bits per heavy atom. The first-order chi connectivity index (χ1) is 11.4. The van der Waals surface area contributed by atoms with Crippen LogP contribution in [-0.4, -0.2) is 28.2 Å². The van der Waals surface area contributed by atoms with Crippen LogP contribution in [0.25, 0.3) is 0 Å². The Labute approximate surface area is 146 Å². The summed E-state index contributed by atoms with van der Waals surface area (Å²) in [5, 5.41) is 21.2. The second kappa shape index (κ2) is 5.54. The van der Waals surface area contributed by atoms with Gasteiger partial charge in [0.2, 0.25) is 0 Å². The van der Waals surface area contributed by atoms with Crippen molar-refractivity contribution in [1.29, 1.82) is 0 Å². The summed E-state index contributed by atoms with van der Waals surface area (Å²) >= 11 is 0. The highest BCUT2D eigenvalue weighted by Crippen LogP contribution is 2.69. The lowest BCUT2D eigenvalue weighted by molar-refractivity contribution is -0.206. The third-order valence-electron chi connectivity index (χ3n) is 9.31. The van der Waals surface area contributed by atoms with Gasteiger partial charge in [0, 0.05) is 11.3 Å². The lowest BCUT2D eigenvalue weighted by Gasteiger charge is -2.63. The zero-order chi connectivity index (χ0) is 17.2. The number of hydrogen-bond donors (Lipinski definition) is 2. The maximum Gasteiger partial charge on any atom is 0.161 e. The molecule has 0 aliphatic heterocycles. The molecule has 4 aliphatic carbocycles. The Morgan fingerprint density at radius 3 is 2.50 bits per heavy atom. The van der Waals surface area contributed by atoms with Gasteiger partial charge in [-0.15, -0.1) is 0 Å². The number of rotatable bonds is 2. The molecule has 0 radical (unpaired) electrons. The van der Waals surface area contributed by atoms with E-state index in [2.05, 4.69) is 13.8 Å². The molecule has 2 N–H and O–H groups in total. The molecule has 4 rings (SSSR count). The number of carbonyl (C=O) groups is 1. The second-order valence-corrected chi connectivity index (χ2v) is 9.83. The third kappa shape index (κ3) is 2.00. The van der Waals surface area contributed by atoms with Gasteiger partial charge in [-0.25, -0.2) is 0 Å². The normalized spacial score (nSPS) is 53.8. The molecule has 0 bridgehead atoms. The van der Waals surface area contributed by atoms with Crippen LogP contribution >= 0.6 is 0 Å². The van der Waals surface area contributed by atoms with Crippen molar-refractivity contribution < 1.29 is 15.0 Å². The standard InChI is InChI=1S/C21H34O3/c1-19-10-4-3-5-14(19)6-7-16-15(19)8-11-20(2)17(18(23)13-22)9-12-21(16,20)24/h14-17,22,24H,3-13H2,1-2H3/t14-,15-,16+,17+,19-,20+,21-/m0/s1. The van der Waals surface area contributed by atoms with E-state index in [-0.39, 0.29) is 23.7 Å². The number of fused-ring (bicyclic) bond motifs is 5. The van der Waals surface area contributed by atoms with Crippen LogP contribution in [0.15, 0.2) is 0 Å². The Bertz CT molecular complexity index is 531. The highest BCUT2D eigenvalue weighted by atomic mass is 16.3. The average molecular weight is 335 g/mol. The number of aliphatic hydroxyl groups is 2. The number of carbonyl (C=O) groups excluding carboxylic acids is 1. The van der Waals surface area contributed by atoms with Crippen LogP contribution in [0.1, 0.15) is 78.1 Å². The molecule has 0 aromatic carbocycles. The predicted octanol–water partition coefficient (Wildman–Crippen LogP) is 3.71. The van der Waals surface area contributed by atoms with E-state index in [0.29, 0.717) is 17.3 Å². The minimum Gasteiger partial charge on any atom is -0.389 e. The Hall–Kier alpha value is -0.410. The van der Waals surface area contributed by atoms with Crippen LogP contribution in [0.2, 0.25) is 0 Å². The van der Waals surface area contributed by atoms with Crippen molar-refractivity contribution in [1.82, 2.24) is 0 Å². The Morgan fingerprint density at radius 2 is 1.75 bits per heavy atom. The topological polar surface area (TPSA) is 57.5 Å². The molecule has 0 unspecified atom stereocenters. The van der Waals surface area contributed by atoms with E-state index >= 15 is 0 Å². The van der Waals surface area contributed by atoms with E-state index in [0.717, 1.165) is 38.0 Å². The molecule has 4 fully saturated rings. The van der Waals surface area contributed by atoms with Gasteiger partial charge >= 0.3 is 0 Å². The minimum absolute atomic E-state index is 0.0514. The van der Waals surface area contributed by atoms with Crippen molar-refractivity contribution in [3.8, 4) is 0 Å². The van der Waals surface area contributed by atoms with Crippen molar-refractivity contribution in [2.75, 3.05) is 6.61 Å². The molecule has 0 amide bonds. The lowest BCUT2D eigenvalue weighted by Crippen LogP contribution is -2.62. The molecule has 4 saturated carbocycles. The lowest BCUT2D eigenvalue weighted by atomic mass is 9.43. The van der Waals surface area contributed by atoms with Gasteiger partial charge in [-0.3, -0.25) is 4.79 Å². The molecule has 0 saturated heterocycles. The Kier molecular flexibility index (Phi) is 3.93. The fraction of sp³-hybridized carbons (Fsp3) is 0.952. The Balaban J connectivity index is 1.68. The van der Waals surface area contributed by atoms with Crippen molar-refractivity contribution in [3.63, 3.8) is 0 Å². The maximum atomic E-state index is 12.3. The molecular weight excluding hydrogens is 300 g/mol. The van der Waals surface area contributed by atoms with Crippen molar-refractivity contribution in [3.05, 3.63) is 0 Å². The van der Waals surface area contributed by atoms with E-state index in [4.69, 9.17) is 0 Å². The SMILES string of the molecule is C[C@]12CCCC[C@H]1CC[C@@H]1[C@@H]2CC[C@]2(C)[C@@H](C(=O)CO)CC[C@]12O. The second-order valence-electron chi connectivity index (χ2n) is 9.83. The smallest absolute Gasteiger partial charge is 0.161 e. The molecule has 24 heavy (non-hydrogen) atoms. The van der Waals surface area contributed by atoms with Crippen LogP contribution in [-0.2, 0) is 4.79 Å². The van der Waals surface area contributed by atoms with E-state index in [1.807, 2.05) is 0 Å². The summed E-state index contributed by atoms with van der Waals surface area (Å²) in [4.78, 5) is 12.3. The molecule has 0 aromatic heterocycles. The summed E-state index contributed by atoms with van der Waals surface area (Å²) in [6.07, 6.45) is 11.4. The molecule has 4 aliphatic rings. The first kappa shape index (κ1) is 17.0. The summed E-state index contributed by atoms with van der Waals surface area (Å²) in [7, 11) is 0. The van der Waals surface area contributed by atoms with Gasteiger partial charge in [-0.05, 0) is 74.5 Å². The first-order valence-corrected chi connectivity index (χ1v) is 10.2. The fourth-order valence-electron chi connectivity index (χ4n) is 7.89. The molecule has 0 spiro atoms. The van der Waals surface area contributed by atoms with Gasteiger partial charge in [0.25, 0.3) is 0 Å². The van der Waals surface area contributed by atoms with Crippen LogP contribution in [0.4, 0.5) is 0 Å². The molecule has 0 heterocycles. The summed E-state index contributed by atoms with van der Waals surface area (Å²) in [5.41, 5.74) is -0.625. The molecule has 0 aromatic rings. The summed E-state index contributed by atoms with van der Waals surface area (Å²) in [6, 6.07) is 0. The summed E-state index contributed by atoms with van der Waals surface area (Å²) < 4.78 is 0. The van der Waals surface area contributed by atoms with E-state index in [1.165, 1.54) is 32.1 Å². The van der Waals surface area contributed by atoms with Crippen LogP contribution in [0.3, 0.4) is 0 Å². The third-order valence-corrected chi connectivity index (χ3v) is 9.31. The van der Waals surface area contributed by atoms with E-state index in [9.17, 15) is 15.0 Å². The van der Waals surface area contributed by atoms with E-state index in [1.54, 1.807) is 0 Å². The molecule has 136 valence electrons. The quantitative estimate of drug-likeness (QED) is 0.809. The minimum atomic E-state index is -0.698. The van der Waals surface area contributed by atoms with Gasteiger partial charge in [0.05, 0.1) is 5.60 Å². The van der Waals surface area contributed by atoms with Crippen LogP contribution in [0.5, 0.6) is 0 Å². The van der Waals surface area contributed by atoms with Crippen molar-refractivity contribution in [2.24, 2.45) is 34.5 Å². The number of ketones is 1. The number of hydrogen-bond acceptors (Lipinski definition) is 3. The van der Waals surface area contributed by atoms with Gasteiger partial charge in [-0.1, -0.05) is 26.7 Å². The van der Waals surface area contributed by atoms with Crippen molar-refractivity contribution >= 4 is 5.78 Å². The highest BCUT2D eigenvalue weighted by molar-refractivity contribution is 5.83. The number of Topliss-reactive ketones (excluding diaryl/α,β-unsaturated/α-hetero) is 1. The molecule has 7 atom stereocenters. The highest BCUT2D eigenvalue weighted by Gasteiger charge is 2.67. The number of aliphatic hydroxyl groups excluding tert-OH is 1. The van der Waals surface area contributed by atoms with E-state index < -0.39 is 5.60 Å². The van der Waals surface area contributed by atoms with Crippen LogP contribution < -0.4 is 0 Å². The van der Waals surface area contributed by atoms with Crippen molar-refractivity contribution in [2.45, 2.75) is 83.7 Å². The molecule has 3 heteroatoms. The maximum absolute atomic E-state index is 12.3. The van der Waals surface area contributed by atoms with Crippen LogP contribution in [0, 0.1) is 34.5 Å². The summed E-state index contributed by atoms with van der Waals surface area (Å²) in [5.74, 6) is 1.62. The zero-order valence-corrected chi connectivity index (χ0v) is 15.4. The molecular formula is C21H34O3. The predicted molar refractivity (Wildman–Crippen MR) is 93.4 cm³/mol.